The van der Waals surface area contributed by atoms with E-state index in [1.807, 2.05) is 37.3 Å². The number of benzene rings is 1. The van der Waals surface area contributed by atoms with Crippen LogP contribution in [0.25, 0.3) is 5.69 Å². The number of aromatic nitrogens is 3. The van der Waals surface area contributed by atoms with Crippen LogP contribution >= 0.6 is 0 Å². The van der Waals surface area contributed by atoms with Gasteiger partial charge in [-0.15, -0.1) is 5.10 Å². The Morgan fingerprint density at radius 1 is 1.23 bits per heavy atom. The topological polar surface area (TPSA) is 56.7 Å². The van der Waals surface area contributed by atoms with E-state index in [0.29, 0.717) is 11.8 Å². The van der Waals surface area contributed by atoms with Crippen molar-refractivity contribution in [2.75, 3.05) is 5.73 Å². The summed E-state index contributed by atoms with van der Waals surface area (Å²) in [6.07, 6.45) is 0. The summed E-state index contributed by atoms with van der Waals surface area (Å²) in [6.45, 7) is 1.82. The van der Waals surface area contributed by atoms with E-state index >= 15 is 0 Å². The molecule has 1 heterocycles. The molecule has 66 valence electrons. The standard InChI is InChI=1S/C9H10N4/c1-7-11-9(10)13(12-7)8-5-3-2-4-6-8/h2-6H,1H3,(H2,10,11,12). The second-order valence-electron chi connectivity index (χ2n) is 2.76. The fourth-order valence-corrected chi connectivity index (χ4v) is 1.19. The molecule has 4 nitrogen and oxygen atoms in total. The van der Waals surface area contributed by atoms with Crippen LogP contribution in [-0.2, 0) is 0 Å². The van der Waals surface area contributed by atoms with E-state index in [0.717, 1.165) is 5.69 Å². The van der Waals surface area contributed by atoms with Crippen molar-refractivity contribution in [3.05, 3.63) is 36.2 Å². The van der Waals surface area contributed by atoms with Crippen LogP contribution in [0.4, 0.5) is 5.95 Å². The zero-order chi connectivity index (χ0) is 9.26. The molecule has 0 radical (unpaired) electrons. The SMILES string of the molecule is Cc1nc(N)n(-c2ccccc2)n1. The molecule has 13 heavy (non-hydrogen) atoms. The van der Waals surface area contributed by atoms with Crippen molar-refractivity contribution in [3.8, 4) is 5.69 Å². The molecule has 0 amide bonds. The van der Waals surface area contributed by atoms with E-state index in [2.05, 4.69) is 10.1 Å². The smallest absolute Gasteiger partial charge is 0.223 e. The van der Waals surface area contributed by atoms with Gasteiger partial charge in [0, 0.05) is 0 Å². The molecule has 2 N–H and O–H groups in total. The summed E-state index contributed by atoms with van der Waals surface area (Å²) in [5, 5.41) is 4.16. The monoisotopic (exact) mass is 174 g/mol. The van der Waals surface area contributed by atoms with Gasteiger partial charge in [0.05, 0.1) is 5.69 Å². The van der Waals surface area contributed by atoms with Crippen LogP contribution in [0, 0.1) is 6.92 Å². The van der Waals surface area contributed by atoms with E-state index in [9.17, 15) is 0 Å². The molecule has 0 unspecified atom stereocenters. The van der Waals surface area contributed by atoms with Gasteiger partial charge in [-0.2, -0.15) is 9.67 Å². The maximum absolute atomic E-state index is 5.66. The van der Waals surface area contributed by atoms with Gasteiger partial charge in [0.1, 0.15) is 5.82 Å². The van der Waals surface area contributed by atoms with Crippen LogP contribution < -0.4 is 5.73 Å². The van der Waals surface area contributed by atoms with Gasteiger partial charge < -0.3 is 5.73 Å². The molecule has 0 aliphatic heterocycles. The normalized spacial score (nSPS) is 10.2. The quantitative estimate of drug-likeness (QED) is 0.705. The molecule has 2 aromatic rings. The Hall–Kier alpha value is -1.84. The summed E-state index contributed by atoms with van der Waals surface area (Å²) in [7, 11) is 0. The first-order valence-electron chi connectivity index (χ1n) is 4.02. The molecule has 0 aliphatic rings. The van der Waals surface area contributed by atoms with Crippen molar-refractivity contribution in [2.24, 2.45) is 0 Å². The first-order valence-corrected chi connectivity index (χ1v) is 4.02. The number of nitrogen functional groups attached to an aromatic ring is 1. The fourth-order valence-electron chi connectivity index (χ4n) is 1.19. The van der Waals surface area contributed by atoms with Gasteiger partial charge in [0.15, 0.2) is 0 Å². The molecule has 0 aliphatic carbocycles. The van der Waals surface area contributed by atoms with Crippen LogP contribution in [0.5, 0.6) is 0 Å². The minimum atomic E-state index is 0.420. The van der Waals surface area contributed by atoms with Crippen molar-refractivity contribution >= 4 is 5.95 Å². The van der Waals surface area contributed by atoms with Crippen LogP contribution in [0.15, 0.2) is 30.3 Å². The minimum Gasteiger partial charge on any atom is -0.368 e. The predicted molar refractivity (Wildman–Crippen MR) is 50.5 cm³/mol. The van der Waals surface area contributed by atoms with Crippen molar-refractivity contribution < 1.29 is 0 Å². The van der Waals surface area contributed by atoms with Crippen LogP contribution in [0.1, 0.15) is 5.82 Å². The zero-order valence-electron chi connectivity index (χ0n) is 7.31. The number of hydrogen-bond donors (Lipinski definition) is 1. The highest BCUT2D eigenvalue weighted by Gasteiger charge is 2.03. The highest BCUT2D eigenvalue weighted by atomic mass is 15.4. The molecule has 1 aromatic heterocycles. The maximum Gasteiger partial charge on any atom is 0.223 e. The lowest BCUT2D eigenvalue weighted by Crippen LogP contribution is -2.01. The van der Waals surface area contributed by atoms with Gasteiger partial charge in [-0.1, -0.05) is 18.2 Å². The average Bonchev–Trinajstić information content (AvgIpc) is 2.47. The van der Waals surface area contributed by atoms with Crippen molar-refractivity contribution in [1.82, 2.24) is 14.8 Å². The third kappa shape index (κ3) is 1.38. The molecule has 0 bridgehead atoms. The third-order valence-electron chi connectivity index (χ3n) is 1.74. The number of aryl methyl sites for hydroxylation is 1. The summed E-state index contributed by atoms with van der Waals surface area (Å²) in [5.41, 5.74) is 6.59. The minimum absolute atomic E-state index is 0.420. The number of nitrogens with zero attached hydrogens (tertiary/aromatic N) is 3. The van der Waals surface area contributed by atoms with E-state index < -0.39 is 0 Å². The number of para-hydroxylation sites is 1. The molecule has 1 aromatic carbocycles. The Labute approximate surface area is 76.0 Å². The molecule has 4 heteroatoms. The van der Waals surface area contributed by atoms with Crippen LogP contribution in [-0.4, -0.2) is 14.8 Å². The Morgan fingerprint density at radius 2 is 1.92 bits per heavy atom. The van der Waals surface area contributed by atoms with Crippen LogP contribution in [0.2, 0.25) is 0 Å². The Balaban J connectivity index is 2.53. The lowest BCUT2D eigenvalue weighted by Gasteiger charge is -2.00. The summed E-state index contributed by atoms with van der Waals surface area (Å²) in [4.78, 5) is 4.02. The van der Waals surface area contributed by atoms with Crippen LogP contribution in [0.3, 0.4) is 0 Å². The molecule has 0 saturated carbocycles. The van der Waals surface area contributed by atoms with Gasteiger partial charge in [-0.3, -0.25) is 0 Å². The van der Waals surface area contributed by atoms with Crippen molar-refractivity contribution in [3.63, 3.8) is 0 Å². The van der Waals surface area contributed by atoms with E-state index in [4.69, 9.17) is 5.73 Å². The van der Waals surface area contributed by atoms with Crippen molar-refractivity contribution in [1.29, 1.82) is 0 Å². The number of anilines is 1. The molecule has 0 saturated heterocycles. The van der Waals surface area contributed by atoms with Gasteiger partial charge in [-0.25, -0.2) is 0 Å². The molecule has 0 fully saturated rings. The summed E-state index contributed by atoms with van der Waals surface area (Å²) >= 11 is 0. The summed E-state index contributed by atoms with van der Waals surface area (Å²) in [6, 6.07) is 9.69. The molecule has 0 spiro atoms. The van der Waals surface area contributed by atoms with Gasteiger partial charge in [0.2, 0.25) is 5.95 Å². The van der Waals surface area contributed by atoms with E-state index in [-0.39, 0.29) is 0 Å². The molecular weight excluding hydrogens is 164 g/mol. The lowest BCUT2D eigenvalue weighted by molar-refractivity contribution is 0.872. The van der Waals surface area contributed by atoms with E-state index in [1.165, 1.54) is 0 Å². The molecular formula is C9H10N4. The first kappa shape index (κ1) is 7.79. The number of hydrogen-bond acceptors (Lipinski definition) is 3. The fraction of sp³-hybridized carbons (Fsp3) is 0.111. The maximum atomic E-state index is 5.66. The summed E-state index contributed by atoms with van der Waals surface area (Å²) < 4.78 is 1.62. The largest absolute Gasteiger partial charge is 0.368 e. The second kappa shape index (κ2) is 2.90. The Bertz CT molecular complexity index is 405. The Kier molecular flexibility index (Phi) is 1.73. The van der Waals surface area contributed by atoms with E-state index in [1.54, 1.807) is 4.68 Å². The number of rotatable bonds is 1. The van der Waals surface area contributed by atoms with Gasteiger partial charge in [0.25, 0.3) is 0 Å². The zero-order valence-corrected chi connectivity index (χ0v) is 7.31. The first-order chi connectivity index (χ1) is 6.27. The number of nitrogens with two attached hydrogens (primary N) is 1. The summed E-state index contributed by atoms with van der Waals surface area (Å²) in [5.74, 6) is 1.10. The lowest BCUT2D eigenvalue weighted by atomic mass is 10.3. The average molecular weight is 174 g/mol. The highest BCUT2D eigenvalue weighted by Crippen LogP contribution is 2.09. The third-order valence-corrected chi connectivity index (χ3v) is 1.74. The van der Waals surface area contributed by atoms with Crippen molar-refractivity contribution in [2.45, 2.75) is 6.92 Å². The second-order valence-corrected chi connectivity index (χ2v) is 2.76. The van der Waals surface area contributed by atoms with Gasteiger partial charge in [-0.05, 0) is 19.1 Å². The Morgan fingerprint density at radius 3 is 2.46 bits per heavy atom. The molecule has 0 atom stereocenters. The molecule has 2 rings (SSSR count). The predicted octanol–water partition coefficient (Wildman–Crippen LogP) is 1.16. The van der Waals surface area contributed by atoms with Gasteiger partial charge >= 0.3 is 0 Å². The highest BCUT2D eigenvalue weighted by molar-refractivity contribution is 5.36.